The molecule has 2 nitrogen and oxygen atoms in total. The SMILES string of the molecule is CCC1CCC(CN2CCNC(CC)C2)CC1. The van der Waals surface area contributed by atoms with Crippen LogP contribution in [0.5, 0.6) is 0 Å². The van der Waals surface area contributed by atoms with Crippen LogP contribution in [0.4, 0.5) is 0 Å². The van der Waals surface area contributed by atoms with Crippen LogP contribution in [0.3, 0.4) is 0 Å². The van der Waals surface area contributed by atoms with Crippen LogP contribution in [-0.4, -0.2) is 37.1 Å². The molecule has 0 bridgehead atoms. The van der Waals surface area contributed by atoms with Gasteiger partial charge in [-0.25, -0.2) is 0 Å². The van der Waals surface area contributed by atoms with Gasteiger partial charge in [-0.1, -0.05) is 33.1 Å². The molecule has 0 aromatic carbocycles. The molecule has 1 atom stereocenters. The Kier molecular flexibility index (Phi) is 5.30. The molecule has 1 heterocycles. The molecule has 2 heteroatoms. The topological polar surface area (TPSA) is 15.3 Å². The van der Waals surface area contributed by atoms with E-state index in [9.17, 15) is 0 Å². The van der Waals surface area contributed by atoms with Gasteiger partial charge in [0, 0.05) is 32.2 Å². The Bertz CT molecular complexity index is 209. The van der Waals surface area contributed by atoms with Crippen molar-refractivity contribution in [2.45, 2.75) is 58.4 Å². The van der Waals surface area contributed by atoms with Crippen LogP contribution in [0.25, 0.3) is 0 Å². The molecule has 1 aliphatic carbocycles. The van der Waals surface area contributed by atoms with Gasteiger partial charge in [-0.3, -0.25) is 0 Å². The molecule has 0 aromatic rings. The van der Waals surface area contributed by atoms with Crippen LogP contribution >= 0.6 is 0 Å². The summed E-state index contributed by atoms with van der Waals surface area (Å²) >= 11 is 0. The number of hydrogen-bond donors (Lipinski definition) is 1. The van der Waals surface area contributed by atoms with Crippen LogP contribution in [0.15, 0.2) is 0 Å². The van der Waals surface area contributed by atoms with Crippen LogP contribution in [0.2, 0.25) is 0 Å². The first-order chi connectivity index (χ1) is 8.31. The molecule has 0 spiro atoms. The highest BCUT2D eigenvalue weighted by Gasteiger charge is 2.24. The molecule has 1 saturated heterocycles. The summed E-state index contributed by atoms with van der Waals surface area (Å²) < 4.78 is 0. The maximum Gasteiger partial charge on any atom is 0.0192 e. The fourth-order valence-electron chi connectivity index (χ4n) is 3.52. The highest BCUT2D eigenvalue weighted by atomic mass is 15.2. The lowest BCUT2D eigenvalue weighted by molar-refractivity contribution is 0.143. The lowest BCUT2D eigenvalue weighted by Gasteiger charge is -2.37. The molecule has 17 heavy (non-hydrogen) atoms. The summed E-state index contributed by atoms with van der Waals surface area (Å²) in [6.07, 6.45) is 8.63. The van der Waals surface area contributed by atoms with Gasteiger partial charge in [-0.15, -0.1) is 0 Å². The minimum Gasteiger partial charge on any atom is -0.311 e. The van der Waals surface area contributed by atoms with E-state index in [0.717, 1.165) is 17.9 Å². The standard InChI is InChI=1S/C15H30N2/c1-3-13-5-7-14(8-6-13)11-17-10-9-16-15(4-2)12-17/h13-16H,3-12H2,1-2H3. The van der Waals surface area contributed by atoms with E-state index in [2.05, 4.69) is 24.1 Å². The van der Waals surface area contributed by atoms with Crippen molar-refractivity contribution in [2.75, 3.05) is 26.2 Å². The lowest BCUT2D eigenvalue weighted by Crippen LogP contribution is -2.51. The van der Waals surface area contributed by atoms with Gasteiger partial charge in [0.05, 0.1) is 0 Å². The smallest absolute Gasteiger partial charge is 0.0192 e. The minimum absolute atomic E-state index is 0.746. The average molecular weight is 238 g/mol. The van der Waals surface area contributed by atoms with Crippen molar-refractivity contribution >= 4 is 0 Å². The Morgan fingerprint density at radius 1 is 1.00 bits per heavy atom. The number of nitrogens with zero attached hydrogens (tertiary/aromatic N) is 1. The predicted octanol–water partition coefficient (Wildman–Crippen LogP) is 2.89. The van der Waals surface area contributed by atoms with Gasteiger partial charge >= 0.3 is 0 Å². The first-order valence-electron chi connectivity index (χ1n) is 7.77. The fourth-order valence-corrected chi connectivity index (χ4v) is 3.52. The van der Waals surface area contributed by atoms with Crippen molar-refractivity contribution in [1.29, 1.82) is 0 Å². The zero-order valence-electron chi connectivity index (χ0n) is 11.8. The molecular formula is C15H30N2. The van der Waals surface area contributed by atoms with E-state index in [1.54, 1.807) is 0 Å². The molecule has 0 radical (unpaired) electrons. The first kappa shape index (κ1) is 13.4. The second kappa shape index (κ2) is 6.75. The summed E-state index contributed by atoms with van der Waals surface area (Å²) in [6, 6.07) is 0.746. The Balaban J connectivity index is 1.70. The fraction of sp³-hybridized carbons (Fsp3) is 1.00. The van der Waals surface area contributed by atoms with Gasteiger partial charge in [0.1, 0.15) is 0 Å². The molecule has 0 aromatic heterocycles. The van der Waals surface area contributed by atoms with Gasteiger partial charge < -0.3 is 10.2 Å². The zero-order chi connectivity index (χ0) is 12.1. The molecule has 1 aliphatic heterocycles. The molecule has 1 N–H and O–H groups in total. The second-order valence-corrected chi connectivity index (χ2v) is 6.11. The average Bonchev–Trinajstić information content (AvgIpc) is 2.40. The predicted molar refractivity (Wildman–Crippen MR) is 74.3 cm³/mol. The van der Waals surface area contributed by atoms with E-state index in [0.29, 0.717) is 0 Å². The Labute approximate surface area is 107 Å². The first-order valence-corrected chi connectivity index (χ1v) is 7.77. The molecule has 2 aliphatic rings. The van der Waals surface area contributed by atoms with Gasteiger partial charge in [-0.2, -0.15) is 0 Å². The summed E-state index contributed by atoms with van der Waals surface area (Å²) in [5.74, 6) is 2.03. The molecule has 0 amide bonds. The van der Waals surface area contributed by atoms with Gasteiger partial charge in [0.15, 0.2) is 0 Å². The number of rotatable bonds is 4. The van der Waals surface area contributed by atoms with Crippen molar-refractivity contribution in [3.8, 4) is 0 Å². The Hall–Kier alpha value is -0.0800. The molecule has 2 rings (SSSR count). The number of nitrogens with one attached hydrogen (secondary N) is 1. The van der Waals surface area contributed by atoms with Crippen molar-refractivity contribution < 1.29 is 0 Å². The number of piperazine rings is 1. The maximum atomic E-state index is 3.61. The van der Waals surface area contributed by atoms with Crippen molar-refractivity contribution in [1.82, 2.24) is 10.2 Å². The largest absolute Gasteiger partial charge is 0.311 e. The van der Waals surface area contributed by atoms with Gasteiger partial charge in [-0.05, 0) is 31.1 Å². The lowest BCUT2D eigenvalue weighted by atomic mass is 9.80. The second-order valence-electron chi connectivity index (χ2n) is 6.11. The maximum absolute atomic E-state index is 3.61. The van der Waals surface area contributed by atoms with Crippen molar-refractivity contribution in [3.63, 3.8) is 0 Å². The highest BCUT2D eigenvalue weighted by Crippen LogP contribution is 2.31. The van der Waals surface area contributed by atoms with E-state index >= 15 is 0 Å². The molecule has 1 saturated carbocycles. The Morgan fingerprint density at radius 3 is 2.35 bits per heavy atom. The summed E-state index contributed by atoms with van der Waals surface area (Å²) in [5, 5.41) is 3.61. The van der Waals surface area contributed by atoms with Crippen LogP contribution in [0.1, 0.15) is 52.4 Å². The van der Waals surface area contributed by atoms with Crippen molar-refractivity contribution in [2.24, 2.45) is 11.8 Å². The summed E-state index contributed by atoms with van der Waals surface area (Å²) in [4.78, 5) is 2.71. The van der Waals surface area contributed by atoms with E-state index in [1.807, 2.05) is 0 Å². The third-order valence-corrected chi connectivity index (χ3v) is 4.89. The molecule has 1 unspecified atom stereocenters. The summed E-state index contributed by atoms with van der Waals surface area (Å²) in [7, 11) is 0. The highest BCUT2D eigenvalue weighted by molar-refractivity contribution is 4.81. The van der Waals surface area contributed by atoms with Gasteiger partial charge in [0.2, 0.25) is 0 Å². The molecule has 100 valence electrons. The van der Waals surface area contributed by atoms with E-state index in [4.69, 9.17) is 0 Å². The van der Waals surface area contributed by atoms with Crippen molar-refractivity contribution in [3.05, 3.63) is 0 Å². The Morgan fingerprint density at radius 2 is 1.71 bits per heavy atom. The van der Waals surface area contributed by atoms with E-state index in [-0.39, 0.29) is 0 Å². The number of hydrogen-bond acceptors (Lipinski definition) is 2. The van der Waals surface area contributed by atoms with Crippen LogP contribution in [0, 0.1) is 11.8 Å². The quantitative estimate of drug-likeness (QED) is 0.810. The molecular weight excluding hydrogens is 208 g/mol. The van der Waals surface area contributed by atoms with Gasteiger partial charge in [0.25, 0.3) is 0 Å². The van der Waals surface area contributed by atoms with Crippen LogP contribution in [-0.2, 0) is 0 Å². The van der Waals surface area contributed by atoms with Crippen LogP contribution < -0.4 is 5.32 Å². The summed E-state index contributed by atoms with van der Waals surface area (Å²) in [5.41, 5.74) is 0. The monoisotopic (exact) mass is 238 g/mol. The normalized spacial score (nSPS) is 36.0. The zero-order valence-corrected chi connectivity index (χ0v) is 11.8. The third-order valence-electron chi connectivity index (χ3n) is 4.89. The van der Waals surface area contributed by atoms with E-state index in [1.165, 1.54) is 64.7 Å². The third kappa shape index (κ3) is 3.96. The summed E-state index contributed by atoms with van der Waals surface area (Å²) in [6.45, 7) is 9.77. The molecule has 2 fully saturated rings. The van der Waals surface area contributed by atoms with E-state index < -0.39 is 0 Å². The minimum atomic E-state index is 0.746.